The van der Waals surface area contributed by atoms with E-state index in [0.29, 0.717) is 5.92 Å². The van der Waals surface area contributed by atoms with Crippen molar-refractivity contribution in [2.75, 3.05) is 20.7 Å². The zero-order valence-electron chi connectivity index (χ0n) is 13.2. The molecule has 0 aromatic rings. The van der Waals surface area contributed by atoms with E-state index in [1.165, 1.54) is 32.1 Å². The number of hydrogen-bond acceptors (Lipinski definition) is 3. The topological polar surface area (TPSA) is 38.5 Å². The number of nitrogens with two attached hydrogens (primary N) is 1. The Kier molecular flexibility index (Phi) is 4.59. The van der Waals surface area contributed by atoms with Crippen LogP contribution in [0.4, 0.5) is 0 Å². The molecule has 0 aromatic carbocycles. The molecule has 3 heteroatoms. The van der Waals surface area contributed by atoms with Crippen molar-refractivity contribution in [3.8, 4) is 0 Å². The highest BCUT2D eigenvalue weighted by molar-refractivity contribution is 5.01. The first-order valence-corrected chi connectivity index (χ1v) is 8.00. The molecule has 1 saturated heterocycles. The molecule has 1 heterocycles. The third-order valence-corrected chi connectivity index (χ3v) is 6.01. The molecule has 3 unspecified atom stereocenters. The minimum atomic E-state index is 0.0990. The van der Waals surface area contributed by atoms with Crippen LogP contribution in [0.3, 0.4) is 0 Å². The molecule has 0 radical (unpaired) electrons. The summed E-state index contributed by atoms with van der Waals surface area (Å²) in [6, 6.07) is 0.244. The number of ether oxygens (including phenoxy) is 1. The minimum Gasteiger partial charge on any atom is -0.375 e. The summed E-state index contributed by atoms with van der Waals surface area (Å²) < 4.78 is 6.14. The van der Waals surface area contributed by atoms with Gasteiger partial charge in [0, 0.05) is 18.2 Å². The normalized spacial score (nSPS) is 31.6. The maximum absolute atomic E-state index is 6.69. The van der Waals surface area contributed by atoms with Gasteiger partial charge in [0.05, 0.1) is 5.60 Å². The van der Waals surface area contributed by atoms with E-state index in [-0.39, 0.29) is 17.2 Å². The van der Waals surface area contributed by atoms with Crippen molar-refractivity contribution in [2.45, 2.75) is 76.0 Å². The second-order valence-electron chi connectivity index (χ2n) is 7.12. The Bertz CT molecular complexity index is 299. The summed E-state index contributed by atoms with van der Waals surface area (Å²) in [6.45, 7) is 5.48. The van der Waals surface area contributed by atoms with Crippen LogP contribution in [-0.2, 0) is 4.74 Å². The van der Waals surface area contributed by atoms with Crippen LogP contribution in [0.1, 0.15) is 58.8 Å². The zero-order chi connectivity index (χ0) is 14.1. The van der Waals surface area contributed by atoms with Crippen LogP contribution in [-0.4, -0.2) is 42.8 Å². The molecule has 1 saturated carbocycles. The lowest BCUT2D eigenvalue weighted by Gasteiger charge is -2.48. The first kappa shape index (κ1) is 15.3. The quantitative estimate of drug-likeness (QED) is 0.852. The molecule has 2 rings (SSSR count). The molecule has 0 bridgehead atoms. The van der Waals surface area contributed by atoms with Crippen LogP contribution in [0.15, 0.2) is 0 Å². The standard InChI is InChI=1S/C16H32N2O/c1-5-15(2,18(3)4)14(17)13-8-11-19-16(12-13)9-6-7-10-16/h13-14H,5-12,17H2,1-4H3. The average Bonchev–Trinajstić information content (AvgIpc) is 2.84. The van der Waals surface area contributed by atoms with Crippen molar-refractivity contribution in [3.05, 3.63) is 0 Å². The van der Waals surface area contributed by atoms with Gasteiger partial charge in [-0.15, -0.1) is 0 Å². The molecule has 2 aliphatic rings. The van der Waals surface area contributed by atoms with Gasteiger partial charge < -0.3 is 15.4 Å². The Morgan fingerprint density at radius 3 is 2.53 bits per heavy atom. The van der Waals surface area contributed by atoms with Gasteiger partial charge in [0.2, 0.25) is 0 Å². The van der Waals surface area contributed by atoms with Crippen LogP contribution in [0.2, 0.25) is 0 Å². The lowest BCUT2D eigenvalue weighted by molar-refractivity contribution is -0.104. The summed E-state index contributed by atoms with van der Waals surface area (Å²) in [6.07, 6.45) is 8.58. The van der Waals surface area contributed by atoms with E-state index in [0.717, 1.165) is 19.4 Å². The highest BCUT2D eigenvalue weighted by Gasteiger charge is 2.45. The molecule has 1 aliphatic heterocycles. The van der Waals surface area contributed by atoms with Gasteiger partial charge in [-0.25, -0.2) is 0 Å². The van der Waals surface area contributed by atoms with Crippen molar-refractivity contribution in [2.24, 2.45) is 11.7 Å². The minimum absolute atomic E-state index is 0.0990. The summed E-state index contributed by atoms with van der Waals surface area (Å²) in [7, 11) is 4.32. The summed E-state index contributed by atoms with van der Waals surface area (Å²) in [5.41, 5.74) is 6.97. The SMILES string of the molecule is CCC(C)(C(N)C1CCOC2(CCCC2)C1)N(C)C. The smallest absolute Gasteiger partial charge is 0.0685 e. The van der Waals surface area contributed by atoms with E-state index >= 15 is 0 Å². The summed E-state index contributed by atoms with van der Waals surface area (Å²) in [5.74, 6) is 0.610. The van der Waals surface area contributed by atoms with Gasteiger partial charge in [0.1, 0.15) is 0 Å². The molecule has 0 aromatic heterocycles. The molecule has 19 heavy (non-hydrogen) atoms. The summed E-state index contributed by atoms with van der Waals surface area (Å²) >= 11 is 0. The predicted octanol–water partition coefficient (Wildman–Crippen LogP) is 2.78. The van der Waals surface area contributed by atoms with Gasteiger partial charge >= 0.3 is 0 Å². The van der Waals surface area contributed by atoms with Gasteiger partial charge in [-0.1, -0.05) is 19.8 Å². The van der Waals surface area contributed by atoms with Crippen molar-refractivity contribution in [3.63, 3.8) is 0 Å². The molecule has 0 amide bonds. The lowest BCUT2D eigenvalue weighted by atomic mass is 9.73. The highest BCUT2D eigenvalue weighted by Crippen LogP contribution is 2.44. The van der Waals surface area contributed by atoms with Gasteiger partial charge in [-0.2, -0.15) is 0 Å². The number of rotatable bonds is 4. The molecule has 2 fully saturated rings. The fourth-order valence-corrected chi connectivity index (χ4v) is 4.10. The van der Waals surface area contributed by atoms with E-state index in [4.69, 9.17) is 10.5 Å². The third-order valence-electron chi connectivity index (χ3n) is 6.01. The Morgan fingerprint density at radius 2 is 2.00 bits per heavy atom. The van der Waals surface area contributed by atoms with Gasteiger partial charge in [-0.3, -0.25) is 0 Å². The highest BCUT2D eigenvalue weighted by atomic mass is 16.5. The molecule has 1 spiro atoms. The van der Waals surface area contributed by atoms with E-state index in [1.807, 2.05) is 0 Å². The molecular formula is C16H32N2O. The van der Waals surface area contributed by atoms with Crippen LogP contribution in [0.5, 0.6) is 0 Å². The van der Waals surface area contributed by atoms with Gasteiger partial charge in [0.15, 0.2) is 0 Å². The number of likely N-dealkylation sites (N-methyl/N-ethyl adjacent to an activating group) is 1. The van der Waals surface area contributed by atoms with Crippen molar-refractivity contribution < 1.29 is 4.74 Å². The Hall–Kier alpha value is -0.120. The van der Waals surface area contributed by atoms with E-state index in [1.54, 1.807) is 0 Å². The zero-order valence-corrected chi connectivity index (χ0v) is 13.2. The summed E-state index contributed by atoms with van der Waals surface area (Å²) in [5, 5.41) is 0. The Labute approximate surface area is 118 Å². The van der Waals surface area contributed by atoms with E-state index < -0.39 is 0 Å². The second kappa shape index (κ2) is 5.71. The number of nitrogens with zero attached hydrogens (tertiary/aromatic N) is 1. The number of hydrogen-bond donors (Lipinski definition) is 1. The van der Waals surface area contributed by atoms with E-state index in [9.17, 15) is 0 Å². The first-order valence-electron chi connectivity index (χ1n) is 8.00. The molecule has 112 valence electrons. The maximum Gasteiger partial charge on any atom is 0.0685 e. The first-order chi connectivity index (χ1) is 8.93. The predicted molar refractivity (Wildman–Crippen MR) is 80.2 cm³/mol. The Balaban J connectivity index is 2.08. The van der Waals surface area contributed by atoms with Crippen molar-refractivity contribution in [1.29, 1.82) is 0 Å². The van der Waals surface area contributed by atoms with E-state index in [2.05, 4.69) is 32.8 Å². The van der Waals surface area contributed by atoms with Crippen molar-refractivity contribution >= 4 is 0 Å². The molecule has 2 N–H and O–H groups in total. The average molecular weight is 268 g/mol. The monoisotopic (exact) mass is 268 g/mol. The maximum atomic E-state index is 6.69. The lowest BCUT2D eigenvalue weighted by Crippen LogP contribution is -2.60. The van der Waals surface area contributed by atoms with Crippen molar-refractivity contribution in [1.82, 2.24) is 4.90 Å². The Morgan fingerprint density at radius 1 is 1.37 bits per heavy atom. The molecule has 3 nitrogen and oxygen atoms in total. The van der Waals surface area contributed by atoms with Gasteiger partial charge in [-0.05, 0) is 59.0 Å². The molecular weight excluding hydrogens is 236 g/mol. The van der Waals surface area contributed by atoms with Crippen LogP contribution in [0.25, 0.3) is 0 Å². The van der Waals surface area contributed by atoms with Crippen LogP contribution >= 0.6 is 0 Å². The molecule has 3 atom stereocenters. The van der Waals surface area contributed by atoms with Gasteiger partial charge in [0.25, 0.3) is 0 Å². The molecule has 1 aliphatic carbocycles. The largest absolute Gasteiger partial charge is 0.375 e. The summed E-state index contributed by atoms with van der Waals surface area (Å²) in [4.78, 5) is 2.31. The second-order valence-corrected chi connectivity index (χ2v) is 7.12. The fraction of sp³-hybridized carbons (Fsp3) is 1.00. The fourth-order valence-electron chi connectivity index (χ4n) is 4.10. The third kappa shape index (κ3) is 2.84. The van der Waals surface area contributed by atoms with Crippen LogP contribution in [0, 0.1) is 5.92 Å². The van der Waals surface area contributed by atoms with Crippen LogP contribution < -0.4 is 5.73 Å².